The van der Waals surface area contributed by atoms with Gasteiger partial charge in [0.15, 0.2) is 0 Å². The lowest BCUT2D eigenvalue weighted by atomic mass is 9.90. The van der Waals surface area contributed by atoms with Gasteiger partial charge in [0.2, 0.25) is 0 Å². The molecule has 1 aliphatic rings. The molecule has 3 atom stereocenters. The first-order chi connectivity index (χ1) is 7.58. The Morgan fingerprint density at radius 1 is 1.38 bits per heavy atom. The zero-order valence-corrected chi connectivity index (χ0v) is 10.6. The summed E-state index contributed by atoms with van der Waals surface area (Å²) in [4.78, 5) is 2.44. The molecule has 0 aliphatic carbocycles. The summed E-state index contributed by atoms with van der Waals surface area (Å²) in [6, 6.07) is 3.25. The van der Waals surface area contributed by atoms with Crippen LogP contribution in [0.25, 0.3) is 0 Å². The lowest BCUT2D eigenvalue weighted by Crippen LogP contribution is -2.48. The predicted molar refractivity (Wildman–Crippen MR) is 66.5 cm³/mol. The third kappa shape index (κ3) is 2.21. The molecule has 1 aliphatic heterocycles. The molecule has 1 fully saturated rings. The van der Waals surface area contributed by atoms with Crippen molar-refractivity contribution in [2.45, 2.75) is 32.4 Å². The number of aryl methyl sites for hydroxylation is 1. The van der Waals surface area contributed by atoms with Crippen LogP contribution in [0.4, 0.5) is 5.82 Å². The average Bonchev–Trinajstić information content (AvgIpc) is 2.61. The van der Waals surface area contributed by atoms with Crippen LogP contribution in [0.15, 0.2) is 12.3 Å². The van der Waals surface area contributed by atoms with Gasteiger partial charge in [0.25, 0.3) is 0 Å². The number of piperidine rings is 1. The Morgan fingerprint density at radius 2 is 2.12 bits per heavy atom. The molecule has 90 valence electrons. The molecular formula is C12H22N4. The number of nitrogens with zero attached hydrogens (tertiary/aromatic N) is 3. The van der Waals surface area contributed by atoms with Gasteiger partial charge in [-0.2, -0.15) is 5.10 Å². The molecule has 0 radical (unpaired) electrons. The zero-order valence-electron chi connectivity index (χ0n) is 10.6. The third-order valence-electron chi connectivity index (χ3n) is 3.76. The quantitative estimate of drug-likeness (QED) is 0.824. The molecule has 1 N–H and O–H groups in total. The van der Waals surface area contributed by atoms with Crippen molar-refractivity contribution in [2.24, 2.45) is 13.0 Å². The average molecular weight is 222 g/mol. The summed E-state index contributed by atoms with van der Waals surface area (Å²) in [5.41, 5.74) is 0. The maximum Gasteiger partial charge on any atom is 0.124 e. The van der Waals surface area contributed by atoms with Gasteiger partial charge in [-0.25, -0.2) is 0 Å². The van der Waals surface area contributed by atoms with E-state index >= 15 is 0 Å². The van der Waals surface area contributed by atoms with E-state index in [9.17, 15) is 0 Å². The largest absolute Gasteiger partial charge is 0.367 e. The molecule has 3 unspecified atom stereocenters. The van der Waals surface area contributed by atoms with Crippen LogP contribution in [0.5, 0.6) is 0 Å². The van der Waals surface area contributed by atoms with Crippen LogP contribution in [-0.4, -0.2) is 40.4 Å². The van der Waals surface area contributed by atoms with E-state index in [0.717, 1.165) is 12.4 Å². The number of anilines is 1. The second kappa shape index (κ2) is 4.45. The van der Waals surface area contributed by atoms with Crippen LogP contribution in [-0.2, 0) is 7.05 Å². The minimum absolute atomic E-state index is 0.557. The number of likely N-dealkylation sites (tertiary alicyclic amines) is 1. The highest BCUT2D eigenvalue weighted by Crippen LogP contribution is 2.23. The third-order valence-corrected chi connectivity index (χ3v) is 3.76. The van der Waals surface area contributed by atoms with Crippen LogP contribution >= 0.6 is 0 Å². The predicted octanol–water partition coefficient (Wildman–Crippen LogP) is 1.56. The summed E-state index contributed by atoms with van der Waals surface area (Å²) in [7, 11) is 4.19. The fourth-order valence-corrected chi connectivity index (χ4v) is 2.45. The molecule has 2 heterocycles. The Balaban J connectivity index is 2.02. The Labute approximate surface area is 97.6 Å². The summed E-state index contributed by atoms with van der Waals surface area (Å²) in [5, 5.41) is 7.79. The van der Waals surface area contributed by atoms with Crippen LogP contribution in [0, 0.1) is 5.92 Å². The van der Waals surface area contributed by atoms with Gasteiger partial charge in [-0.05, 0) is 26.3 Å². The summed E-state index contributed by atoms with van der Waals surface area (Å²) in [6.07, 6.45) is 3.04. The fourth-order valence-electron chi connectivity index (χ4n) is 2.45. The molecule has 0 bridgehead atoms. The lowest BCUT2D eigenvalue weighted by Gasteiger charge is -2.40. The van der Waals surface area contributed by atoms with E-state index in [-0.39, 0.29) is 0 Å². The van der Waals surface area contributed by atoms with Crippen molar-refractivity contribution in [3.05, 3.63) is 12.3 Å². The van der Waals surface area contributed by atoms with Crippen molar-refractivity contribution in [1.82, 2.24) is 14.7 Å². The van der Waals surface area contributed by atoms with Gasteiger partial charge >= 0.3 is 0 Å². The monoisotopic (exact) mass is 222 g/mol. The molecule has 1 aromatic heterocycles. The van der Waals surface area contributed by atoms with E-state index in [1.807, 2.05) is 24.0 Å². The molecule has 0 spiro atoms. The Hall–Kier alpha value is -1.03. The molecule has 0 aromatic carbocycles. The Kier molecular flexibility index (Phi) is 3.19. The van der Waals surface area contributed by atoms with Gasteiger partial charge in [-0.1, -0.05) is 6.92 Å². The maximum absolute atomic E-state index is 4.18. The number of aromatic nitrogens is 2. The Bertz CT molecular complexity index is 347. The zero-order chi connectivity index (χ0) is 11.7. The number of nitrogens with one attached hydrogen (secondary N) is 1. The maximum atomic E-state index is 4.18. The number of rotatable bonds is 2. The van der Waals surface area contributed by atoms with Gasteiger partial charge in [-0.3, -0.25) is 4.68 Å². The molecule has 1 saturated heterocycles. The number of hydrogen-bond acceptors (Lipinski definition) is 3. The highest BCUT2D eigenvalue weighted by molar-refractivity contribution is 5.35. The fraction of sp³-hybridized carbons (Fsp3) is 0.750. The van der Waals surface area contributed by atoms with Crippen molar-refractivity contribution < 1.29 is 0 Å². The van der Waals surface area contributed by atoms with Gasteiger partial charge in [0, 0.05) is 31.7 Å². The van der Waals surface area contributed by atoms with Crippen LogP contribution < -0.4 is 5.32 Å². The molecule has 2 rings (SSSR count). The highest BCUT2D eigenvalue weighted by atomic mass is 15.3. The first-order valence-electron chi connectivity index (χ1n) is 6.02. The highest BCUT2D eigenvalue weighted by Gasteiger charge is 2.29. The standard InChI is InChI=1S/C12H22N4/c1-9-8-15(3)10(2)7-11(9)14-12-5-6-13-16(12)4/h5-6,9-11,14H,7-8H2,1-4H3. The van der Waals surface area contributed by atoms with Gasteiger partial charge in [0.1, 0.15) is 5.82 Å². The van der Waals surface area contributed by atoms with Crippen LogP contribution in [0.3, 0.4) is 0 Å². The molecule has 16 heavy (non-hydrogen) atoms. The molecule has 4 heteroatoms. The number of hydrogen-bond donors (Lipinski definition) is 1. The summed E-state index contributed by atoms with van der Waals surface area (Å²) < 4.78 is 1.90. The molecule has 4 nitrogen and oxygen atoms in total. The van der Waals surface area contributed by atoms with Gasteiger partial charge in [0.05, 0.1) is 6.20 Å². The molecule has 1 aromatic rings. The first-order valence-corrected chi connectivity index (χ1v) is 6.02. The van der Waals surface area contributed by atoms with Crippen molar-refractivity contribution in [2.75, 3.05) is 18.9 Å². The normalized spacial score (nSPS) is 31.6. The van der Waals surface area contributed by atoms with Crippen molar-refractivity contribution in [3.63, 3.8) is 0 Å². The van der Waals surface area contributed by atoms with E-state index in [2.05, 4.69) is 36.2 Å². The molecular weight excluding hydrogens is 200 g/mol. The van der Waals surface area contributed by atoms with E-state index in [1.54, 1.807) is 0 Å². The summed E-state index contributed by atoms with van der Waals surface area (Å²) in [6.45, 7) is 5.77. The molecule has 0 amide bonds. The van der Waals surface area contributed by atoms with Gasteiger partial charge in [-0.15, -0.1) is 0 Å². The smallest absolute Gasteiger partial charge is 0.124 e. The van der Waals surface area contributed by atoms with Crippen molar-refractivity contribution in [3.8, 4) is 0 Å². The Morgan fingerprint density at radius 3 is 2.75 bits per heavy atom. The van der Waals surface area contributed by atoms with Crippen LogP contribution in [0.1, 0.15) is 20.3 Å². The van der Waals surface area contributed by atoms with Crippen molar-refractivity contribution in [1.29, 1.82) is 0 Å². The lowest BCUT2D eigenvalue weighted by molar-refractivity contribution is 0.145. The van der Waals surface area contributed by atoms with E-state index in [0.29, 0.717) is 18.0 Å². The minimum Gasteiger partial charge on any atom is -0.367 e. The van der Waals surface area contributed by atoms with Crippen LogP contribution in [0.2, 0.25) is 0 Å². The molecule has 0 saturated carbocycles. The van der Waals surface area contributed by atoms with Gasteiger partial charge < -0.3 is 10.2 Å². The van der Waals surface area contributed by atoms with Crippen molar-refractivity contribution >= 4 is 5.82 Å². The van der Waals surface area contributed by atoms with E-state index in [1.165, 1.54) is 6.42 Å². The minimum atomic E-state index is 0.557. The van der Waals surface area contributed by atoms with E-state index < -0.39 is 0 Å². The topological polar surface area (TPSA) is 33.1 Å². The summed E-state index contributed by atoms with van der Waals surface area (Å²) >= 11 is 0. The second-order valence-corrected chi connectivity index (χ2v) is 5.09. The SMILES string of the molecule is CC1CN(C)C(C)CC1Nc1ccnn1C. The summed E-state index contributed by atoms with van der Waals surface area (Å²) in [5.74, 6) is 1.80. The first kappa shape index (κ1) is 11.5. The van der Waals surface area contributed by atoms with E-state index in [4.69, 9.17) is 0 Å². The second-order valence-electron chi connectivity index (χ2n) is 5.09.